The second kappa shape index (κ2) is 5.17. The number of nitrogens with two attached hydrogens (primary N) is 1. The van der Waals surface area contributed by atoms with Crippen LogP contribution in [-0.2, 0) is 6.54 Å². The van der Waals surface area contributed by atoms with Gasteiger partial charge in [0.2, 0.25) is 0 Å². The zero-order valence-electron chi connectivity index (χ0n) is 11.4. The summed E-state index contributed by atoms with van der Waals surface area (Å²) in [5.41, 5.74) is 7.28. The highest BCUT2D eigenvalue weighted by molar-refractivity contribution is 6.33. The zero-order chi connectivity index (χ0) is 14.0. The first kappa shape index (κ1) is 13.8. The molecule has 0 radical (unpaired) electrons. The molecule has 0 atom stereocenters. The first-order valence-corrected chi connectivity index (χ1v) is 6.62. The van der Waals surface area contributed by atoms with Crippen LogP contribution in [0, 0.1) is 5.41 Å². The van der Waals surface area contributed by atoms with Gasteiger partial charge in [-0.3, -0.25) is 0 Å². The van der Waals surface area contributed by atoms with E-state index in [2.05, 4.69) is 36.3 Å². The Morgan fingerprint density at radius 2 is 2.11 bits per heavy atom. The van der Waals surface area contributed by atoms with Gasteiger partial charge >= 0.3 is 0 Å². The smallest absolute Gasteiger partial charge is 0.182 e. The van der Waals surface area contributed by atoms with Crippen molar-refractivity contribution in [2.75, 3.05) is 5.73 Å². The lowest BCUT2D eigenvalue weighted by Crippen LogP contribution is -2.20. The van der Waals surface area contributed by atoms with E-state index < -0.39 is 0 Å². The third kappa shape index (κ3) is 3.04. The molecule has 5 nitrogen and oxygen atoms in total. The number of anilines is 1. The van der Waals surface area contributed by atoms with E-state index in [9.17, 15) is 0 Å². The predicted molar refractivity (Wildman–Crippen MR) is 76.7 cm³/mol. The lowest BCUT2D eigenvalue weighted by atomic mass is 9.90. The Labute approximate surface area is 117 Å². The molecule has 2 N–H and O–H groups in total. The average Bonchev–Trinajstić information content (AvgIpc) is 2.80. The number of hydrogen-bond acceptors (Lipinski definition) is 4. The lowest BCUT2D eigenvalue weighted by Gasteiger charge is -2.22. The summed E-state index contributed by atoms with van der Waals surface area (Å²) >= 11 is 6.04. The van der Waals surface area contributed by atoms with Crippen molar-refractivity contribution in [3.05, 3.63) is 23.2 Å². The van der Waals surface area contributed by atoms with E-state index in [1.165, 1.54) is 0 Å². The minimum atomic E-state index is 0.141. The van der Waals surface area contributed by atoms with Crippen LogP contribution in [0.5, 0.6) is 0 Å². The number of aromatic nitrogens is 4. The molecule has 0 aliphatic heterocycles. The Morgan fingerprint density at radius 1 is 1.37 bits per heavy atom. The van der Waals surface area contributed by atoms with E-state index in [-0.39, 0.29) is 5.41 Å². The highest BCUT2D eigenvalue weighted by Crippen LogP contribution is 2.28. The summed E-state index contributed by atoms with van der Waals surface area (Å²) in [6.07, 6.45) is 1.05. The van der Waals surface area contributed by atoms with E-state index in [1.807, 2.05) is 10.7 Å². The maximum atomic E-state index is 6.04. The van der Waals surface area contributed by atoms with Crippen molar-refractivity contribution >= 4 is 17.3 Å². The molecule has 0 spiro atoms. The third-order valence-electron chi connectivity index (χ3n) is 3.33. The first-order chi connectivity index (χ1) is 8.93. The number of rotatable bonds is 4. The Bertz CT molecular complexity index is 576. The second-order valence-corrected chi connectivity index (χ2v) is 5.82. The highest BCUT2D eigenvalue weighted by atomic mass is 35.5. The molecule has 0 saturated heterocycles. The van der Waals surface area contributed by atoms with Gasteiger partial charge in [-0.15, -0.1) is 5.10 Å². The molecular formula is C13H18ClN5. The van der Waals surface area contributed by atoms with Crippen molar-refractivity contribution in [1.82, 2.24) is 20.2 Å². The van der Waals surface area contributed by atoms with Crippen LogP contribution in [0.4, 0.5) is 5.69 Å². The quantitative estimate of drug-likeness (QED) is 0.874. The van der Waals surface area contributed by atoms with Crippen molar-refractivity contribution < 1.29 is 0 Å². The van der Waals surface area contributed by atoms with Crippen LogP contribution >= 0.6 is 11.6 Å². The molecule has 19 heavy (non-hydrogen) atoms. The minimum absolute atomic E-state index is 0.141. The molecule has 102 valence electrons. The van der Waals surface area contributed by atoms with Gasteiger partial charge in [0.1, 0.15) is 0 Å². The fraction of sp³-hybridized carbons (Fsp3) is 0.462. The predicted octanol–water partition coefficient (Wildman–Crippen LogP) is 3.01. The zero-order valence-corrected chi connectivity index (χ0v) is 12.1. The van der Waals surface area contributed by atoms with Crippen LogP contribution in [0.3, 0.4) is 0 Å². The molecular weight excluding hydrogens is 262 g/mol. The van der Waals surface area contributed by atoms with Gasteiger partial charge in [0.15, 0.2) is 5.82 Å². The van der Waals surface area contributed by atoms with Crippen molar-refractivity contribution in [3.63, 3.8) is 0 Å². The molecule has 0 amide bonds. The molecule has 1 aromatic carbocycles. The SMILES string of the molecule is CCC(C)(C)Cn1nnnc1-c1ccc(N)c(Cl)c1. The average molecular weight is 280 g/mol. The molecule has 1 heterocycles. The van der Waals surface area contributed by atoms with E-state index in [1.54, 1.807) is 12.1 Å². The number of hydrogen-bond donors (Lipinski definition) is 1. The van der Waals surface area contributed by atoms with Gasteiger partial charge in [0, 0.05) is 5.56 Å². The van der Waals surface area contributed by atoms with Crippen LogP contribution < -0.4 is 5.73 Å². The largest absolute Gasteiger partial charge is 0.398 e. The summed E-state index contributed by atoms with van der Waals surface area (Å²) in [7, 11) is 0. The Balaban J connectivity index is 2.36. The van der Waals surface area contributed by atoms with Gasteiger partial charge in [-0.25, -0.2) is 4.68 Å². The van der Waals surface area contributed by atoms with Gasteiger partial charge in [-0.05, 0) is 40.5 Å². The van der Waals surface area contributed by atoms with E-state index in [0.29, 0.717) is 16.5 Å². The fourth-order valence-electron chi connectivity index (χ4n) is 1.70. The van der Waals surface area contributed by atoms with Crippen LogP contribution in [0.1, 0.15) is 27.2 Å². The summed E-state index contributed by atoms with van der Waals surface area (Å²) in [6, 6.07) is 5.43. The summed E-state index contributed by atoms with van der Waals surface area (Å²) in [6.45, 7) is 7.29. The molecule has 0 bridgehead atoms. The Kier molecular flexibility index (Phi) is 3.75. The van der Waals surface area contributed by atoms with Crippen LogP contribution in [0.25, 0.3) is 11.4 Å². The molecule has 1 aromatic heterocycles. The van der Waals surface area contributed by atoms with Gasteiger partial charge in [0.05, 0.1) is 17.3 Å². The molecule has 0 unspecified atom stereocenters. The topological polar surface area (TPSA) is 69.6 Å². The first-order valence-electron chi connectivity index (χ1n) is 6.24. The fourth-order valence-corrected chi connectivity index (χ4v) is 1.88. The summed E-state index contributed by atoms with van der Waals surface area (Å²) in [5, 5.41) is 12.4. The Morgan fingerprint density at radius 3 is 2.74 bits per heavy atom. The standard InChI is InChI=1S/C13H18ClN5/c1-4-13(2,3)8-19-12(16-17-18-19)9-5-6-11(15)10(14)7-9/h5-7H,4,8,15H2,1-3H3. The van der Waals surface area contributed by atoms with Gasteiger partial charge < -0.3 is 5.73 Å². The molecule has 6 heteroatoms. The molecule has 2 aromatic rings. The number of nitrogens with zero attached hydrogens (tertiary/aromatic N) is 4. The van der Waals surface area contributed by atoms with Crippen molar-refractivity contribution in [1.29, 1.82) is 0 Å². The van der Waals surface area contributed by atoms with Crippen LogP contribution in [-0.4, -0.2) is 20.2 Å². The van der Waals surface area contributed by atoms with Gasteiger partial charge in [-0.1, -0.05) is 32.4 Å². The highest BCUT2D eigenvalue weighted by Gasteiger charge is 2.20. The van der Waals surface area contributed by atoms with Crippen molar-refractivity contribution in [2.24, 2.45) is 5.41 Å². The van der Waals surface area contributed by atoms with Crippen molar-refractivity contribution in [2.45, 2.75) is 33.7 Å². The third-order valence-corrected chi connectivity index (χ3v) is 3.65. The maximum absolute atomic E-state index is 6.04. The summed E-state index contributed by atoms with van der Waals surface area (Å²) in [5.74, 6) is 0.712. The maximum Gasteiger partial charge on any atom is 0.182 e. The number of nitrogen functional groups attached to an aromatic ring is 1. The number of tetrazole rings is 1. The van der Waals surface area contributed by atoms with Crippen molar-refractivity contribution in [3.8, 4) is 11.4 Å². The lowest BCUT2D eigenvalue weighted by molar-refractivity contribution is 0.279. The van der Waals surface area contributed by atoms with E-state index in [4.69, 9.17) is 17.3 Å². The number of benzene rings is 1. The van der Waals surface area contributed by atoms with Gasteiger partial charge in [-0.2, -0.15) is 0 Å². The number of halogens is 1. The molecule has 0 aliphatic carbocycles. The van der Waals surface area contributed by atoms with Crippen LogP contribution in [0.15, 0.2) is 18.2 Å². The molecule has 2 rings (SSSR count). The summed E-state index contributed by atoms with van der Waals surface area (Å²) < 4.78 is 1.81. The van der Waals surface area contributed by atoms with E-state index >= 15 is 0 Å². The monoisotopic (exact) mass is 279 g/mol. The molecule has 0 saturated carbocycles. The normalized spacial score (nSPS) is 11.8. The summed E-state index contributed by atoms with van der Waals surface area (Å²) in [4.78, 5) is 0. The Hall–Kier alpha value is -1.62. The van der Waals surface area contributed by atoms with Crippen LogP contribution in [0.2, 0.25) is 5.02 Å². The van der Waals surface area contributed by atoms with E-state index in [0.717, 1.165) is 18.5 Å². The van der Waals surface area contributed by atoms with Gasteiger partial charge in [0.25, 0.3) is 0 Å². The second-order valence-electron chi connectivity index (χ2n) is 5.41. The minimum Gasteiger partial charge on any atom is -0.398 e. The molecule has 0 aliphatic rings. The molecule has 0 fully saturated rings.